The van der Waals surface area contributed by atoms with E-state index in [1.807, 2.05) is 31.2 Å². The highest BCUT2D eigenvalue weighted by Gasteiger charge is 2.37. The summed E-state index contributed by atoms with van der Waals surface area (Å²) in [6.45, 7) is 13.1. The Balaban J connectivity index is 1.53. The number of rotatable bonds is 8. The molecule has 1 aliphatic rings. The second-order valence-corrected chi connectivity index (χ2v) is 12.9. The highest BCUT2D eigenvalue weighted by molar-refractivity contribution is 6.22. The number of imide groups is 1. The van der Waals surface area contributed by atoms with Crippen molar-refractivity contribution >= 4 is 22.8 Å². The molecule has 2 amide bonds. The van der Waals surface area contributed by atoms with Crippen molar-refractivity contribution in [3.8, 4) is 11.4 Å². The Kier molecular flexibility index (Phi) is 7.15. The molecule has 7 nitrogen and oxygen atoms in total. The zero-order valence-electron chi connectivity index (χ0n) is 26.2. The van der Waals surface area contributed by atoms with Gasteiger partial charge in [-0.05, 0) is 48.2 Å². The van der Waals surface area contributed by atoms with Gasteiger partial charge in [-0.2, -0.15) is 0 Å². The van der Waals surface area contributed by atoms with Crippen LogP contribution >= 0.6 is 0 Å². The molecule has 4 aromatic carbocycles. The SMILES string of the molecule is CCCCN1C(=O)c2cc3nn(-c4cc(C(C)(C)c5cccc(C)c5)cc(C(C)(C)c5ccccc5)c4O)nc3cc2C1=O. The summed E-state index contributed by atoms with van der Waals surface area (Å²) < 4.78 is 0. The molecule has 0 bridgehead atoms. The fourth-order valence-electron chi connectivity index (χ4n) is 6.15. The lowest BCUT2D eigenvalue weighted by Gasteiger charge is -2.32. The maximum atomic E-state index is 13.1. The van der Waals surface area contributed by atoms with Crippen LogP contribution in [0.4, 0.5) is 0 Å². The van der Waals surface area contributed by atoms with Crippen molar-refractivity contribution in [1.29, 1.82) is 0 Å². The van der Waals surface area contributed by atoms with Crippen molar-refractivity contribution in [2.45, 2.75) is 65.2 Å². The number of aromatic hydroxyl groups is 1. The molecule has 7 heteroatoms. The Bertz CT molecular complexity index is 1870. The van der Waals surface area contributed by atoms with Crippen LogP contribution < -0.4 is 0 Å². The molecule has 0 fully saturated rings. The number of aromatic nitrogens is 3. The van der Waals surface area contributed by atoms with E-state index >= 15 is 0 Å². The van der Waals surface area contributed by atoms with E-state index in [-0.39, 0.29) is 17.6 Å². The molecule has 2 heterocycles. The Morgan fingerprint density at radius 3 is 1.93 bits per heavy atom. The lowest BCUT2D eigenvalue weighted by molar-refractivity contribution is 0.0652. The first kappa shape index (κ1) is 29.3. The van der Waals surface area contributed by atoms with Gasteiger partial charge >= 0.3 is 0 Å². The average molecular weight is 587 g/mol. The number of phenols is 1. The van der Waals surface area contributed by atoms with E-state index in [0.717, 1.165) is 35.1 Å². The maximum absolute atomic E-state index is 13.1. The Hall–Kier alpha value is -4.78. The third-order valence-electron chi connectivity index (χ3n) is 9.14. The minimum Gasteiger partial charge on any atom is -0.505 e. The summed E-state index contributed by atoms with van der Waals surface area (Å²) in [4.78, 5) is 28.9. The highest BCUT2D eigenvalue weighted by atomic mass is 16.3. The molecule has 6 rings (SSSR count). The van der Waals surface area contributed by atoms with E-state index in [2.05, 4.69) is 77.1 Å². The lowest BCUT2D eigenvalue weighted by Crippen LogP contribution is -2.30. The predicted molar refractivity (Wildman–Crippen MR) is 173 cm³/mol. The van der Waals surface area contributed by atoms with Crippen molar-refractivity contribution in [2.75, 3.05) is 6.54 Å². The Labute approximate surface area is 258 Å². The van der Waals surface area contributed by atoms with Gasteiger partial charge in [-0.1, -0.05) is 107 Å². The summed E-state index contributed by atoms with van der Waals surface area (Å²) in [6.07, 6.45) is 1.64. The number of carbonyl (C=O) groups is 2. The van der Waals surface area contributed by atoms with Crippen LogP contribution in [-0.2, 0) is 10.8 Å². The first-order chi connectivity index (χ1) is 20.9. The van der Waals surface area contributed by atoms with E-state index < -0.39 is 10.8 Å². The van der Waals surface area contributed by atoms with Gasteiger partial charge in [0.05, 0.1) is 11.1 Å². The third kappa shape index (κ3) is 4.77. The van der Waals surface area contributed by atoms with Gasteiger partial charge in [0.2, 0.25) is 0 Å². The summed E-state index contributed by atoms with van der Waals surface area (Å²) >= 11 is 0. The van der Waals surface area contributed by atoms with Crippen molar-refractivity contribution in [3.63, 3.8) is 0 Å². The quantitative estimate of drug-likeness (QED) is 0.190. The fourth-order valence-corrected chi connectivity index (χ4v) is 6.15. The summed E-state index contributed by atoms with van der Waals surface area (Å²) in [7, 11) is 0. The van der Waals surface area contributed by atoms with Gasteiger partial charge in [0, 0.05) is 22.9 Å². The molecule has 0 aliphatic carbocycles. The zero-order valence-corrected chi connectivity index (χ0v) is 26.2. The smallest absolute Gasteiger partial charge is 0.261 e. The van der Waals surface area contributed by atoms with Gasteiger partial charge < -0.3 is 5.11 Å². The average Bonchev–Trinajstić information content (AvgIpc) is 3.52. The number of benzene rings is 4. The number of fused-ring (bicyclic) bond motifs is 2. The molecule has 224 valence electrons. The zero-order chi connectivity index (χ0) is 31.4. The summed E-state index contributed by atoms with van der Waals surface area (Å²) in [5.74, 6) is -0.522. The van der Waals surface area contributed by atoms with Crippen LogP contribution in [0.1, 0.15) is 96.0 Å². The van der Waals surface area contributed by atoms with Crippen LogP contribution in [0.2, 0.25) is 0 Å². The molecule has 44 heavy (non-hydrogen) atoms. The van der Waals surface area contributed by atoms with Crippen LogP contribution in [0.25, 0.3) is 16.7 Å². The minimum absolute atomic E-state index is 0.0772. The summed E-state index contributed by atoms with van der Waals surface area (Å²) in [5.41, 5.74) is 6.24. The molecule has 1 aliphatic heterocycles. The number of hydrogen-bond acceptors (Lipinski definition) is 5. The number of phenolic OH excluding ortho intramolecular Hbond substituents is 1. The number of amides is 2. The van der Waals surface area contributed by atoms with Crippen LogP contribution in [0.3, 0.4) is 0 Å². The third-order valence-corrected chi connectivity index (χ3v) is 9.14. The van der Waals surface area contributed by atoms with E-state index in [1.165, 1.54) is 15.3 Å². The molecule has 1 aromatic heterocycles. The van der Waals surface area contributed by atoms with Gasteiger partial charge in [-0.25, -0.2) is 0 Å². The molecule has 0 atom stereocenters. The van der Waals surface area contributed by atoms with Crippen molar-refractivity contribution in [2.24, 2.45) is 0 Å². The van der Waals surface area contributed by atoms with Gasteiger partial charge in [-0.15, -0.1) is 15.0 Å². The number of nitrogens with zero attached hydrogens (tertiary/aromatic N) is 4. The summed E-state index contributed by atoms with van der Waals surface area (Å²) in [6, 6.07) is 25.9. The maximum Gasteiger partial charge on any atom is 0.261 e. The Morgan fingerprint density at radius 2 is 1.34 bits per heavy atom. The second-order valence-electron chi connectivity index (χ2n) is 12.9. The van der Waals surface area contributed by atoms with Crippen LogP contribution in [0.5, 0.6) is 5.75 Å². The second kappa shape index (κ2) is 10.7. The van der Waals surface area contributed by atoms with Crippen LogP contribution in [-0.4, -0.2) is 43.4 Å². The van der Waals surface area contributed by atoms with E-state index in [1.54, 1.807) is 12.1 Å². The predicted octanol–water partition coefficient (Wildman–Crippen LogP) is 7.48. The molecular formula is C37H38N4O3. The molecule has 0 unspecified atom stereocenters. The van der Waals surface area contributed by atoms with Crippen molar-refractivity contribution in [1.82, 2.24) is 19.9 Å². The standard InChI is InChI=1S/C37H38N4O3/c1-7-8-17-40-34(43)27-21-30-31(22-28(27)35(40)44)39-41(38-30)32-20-26(36(3,4)25-16-12-13-23(2)18-25)19-29(33(32)42)37(5,6)24-14-10-9-11-15-24/h9-16,18-22,42H,7-8,17H2,1-6H3. The van der Waals surface area contributed by atoms with Crippen LogP contribution in [0.15, 0.2) is 78.9 Å². The lowest BCUT2D eigenvalue weighted by atomic mass is 9.72. The van der Waals surface area contributed by atoms with Gasteiger partial charge in [0.15, 0.2) is 0 Å². The van der Waals surface area contributed by atoms with Gasteiger partial charge in [-0.3, -0.25) is 14.5 Å². The topological polar surface area (TPSA) is 88.3 Å². The fraction of sp³-hybridized carbons (Fsp3) is 0.297. The Morgan fingerprint density at radius 1 is 0.727 bits per heavy atom. The van der Waals surface area contributed by atoms with Crippen molar-refractivity contribution < 1.29 is 14.7 Å². The largest absolute Gasteiger partial charge is 0.505 e. The molecule has 5 aromatic rings. The molecule has 0 radical (unpaired) electrons. The number of carbonyl (C=O) groups excluding carboxylic acids is 2. The van der Waals surface area contributed by atoms with E-state index in [4.69, 9.17) is 10.2 Å². The number of unbranched alkanes of at least 4 members (excludes halogenated alkanes) is 1. The number of aryl methyl sites for hydroxylation is 1. The minimum atomic E-state index is -0.548. The van der Waals surface area contributed by atoms with E-state index in [0.29, 0.717) is 34.4 Å². The summed E-state index contributed by atoms with van der Waals surface area (Å²) in [5, 5.41) is 21.4. The number of hydrogen-bond donors (Lipinski definition) is 1. The first-order valence-electron chi connectivity index (χ1n) is 15.2. The highest BCUT2D eigenvalue weighted by Crippen LogP contribution is 2.44. The molecule has 1 N–H and O–H groups in total. The molecule has 0 spiro atoms. The molecule has 0 saturated heterocycles. The van der Waals surface area contributed by atoms with Gasteiger partial charge in [0.1, 0.15) is 22.5 Å². The monoisotopic (exact) mass is 586 g/mol. The van der Waals surface area contributed by atoms with Crippen molar-refractivity contribution in [3.05, 3.63) is 118 Å². The van der Waals surface area contributed by atoms with Crippen LogP contribution in [0, 0.1) is 6.92 Å². The van der Waals surface area contributed by atoms with Gasteiger partial charge in [0.25, 0.3) is 11.8 Å². The molecule has 0 saturated carbocycles. The molecular weight excluding hydrogens is 548 g/mol. The first-order valence-corrected chi connectivity index (χ1v) is 15.2. The van der Waals surface area contributed by atoms with E-state index in [9.17, 15) is 14.7 Å². The normalized spacial score (nSPS) is 13.6.